The monoisotopic (exact) mass is 417 g/mol. The van der Waals surface area contributed by atoms with Gasteiger partial charge in [-0.3, -0.25) is 9.59 Å². The Balaban J connectivity index is 2.30. The highest BCUT2D eigenvalue weighted by atomic mass is 16.6. The van der Waals surface area contributed by atoms with E-state index in [9.17, 15) is 14.4 Å². The minimum Gasteiger partial charge on any atom is -0.444 e. The van der Waals surface area contributed by atoms with E-state index >= 15 is 0 Å². The molecule has 30 heavy (non-hydrogen) atoms. The number of nitrogens with zero attached hydrogens (tertiary/aromatic N) is 1. The minimum absolute atomic E-state index is 0.0412. The smallest absolute Gasteiger partial charge is 0.408 e. The van der Waals surface area contributed by atoms with Crippen LogP contribution in [-0.2, 0) is 14.3 Å². The summed E-state index contributed by atoms with van der Waals surface area (Å²) in [5.74, 6) is -0.222. The van der Waals surface area contributed by atoms with Gasteiger partial charge in [0.15, 0.2) is 0 Å². The Morgan fingerprint density at radius 2 is 1.80 bits per heavy atom. The van der Waals surface area contributed by atoms with E-state index in [1.54, 1.807) is 25.7 Å². The summed E-state index contributed by atoms with van der Waals surface area (Å²) in [5, 5.41) is 5.49. The van der Waals surface area contributed by atoms with Crippen LogP contribution < -0.4 is 10.6 Å². The lowest BCUT2D eigenvalue weighted by Gasteiger charge is -2.33. The lowest BCUT2D eigenvalue weighted by Crippen LogP contribution is -2.50. The number of benzene rings is 1. The maximum absolute atomic E-state index is 13.2. The quantitative estimate of drug-likeness (QED) is 0.712. The van der Waals surface area contributed by atoms with E-state index in [4.69, 9.17) is 4.74 Å². The Hall–Kier alpha value is -2.57. The van der Waals surface area contributed by atoms with Crippen LogP contribution in [0.1, 0.15) is 65.1 Å². The third kappa shape index (κ3) is 6.47. The Kier molecular flexibility index (Phi) is 7.50. The number of hydrogen-bond donors (Lipinski definition) is 2. The fourth-order valence-electron chi connectivity index (χ4n) is 3.44. The third-order valence-corrected chi connectivity index (χ3v) is 4.94. The van der Waals surface area contributed by atoms with Crippen LogP contribution in [0.4, 0.5) is 4.79 Å². The maximum atomic E-state index is 13.2. The molecule has 7 nitrogen and oxygen atoms in total. The van der Waals surface area contributed by atoms with Crippen molar-refractivity contribution in [1.29, 1.82) is 0 Å². The van der Waals surface area contributed by atoms with Gasteiger partial charge < -0.3 is 20.3 Å². The van der Waals surface area contributed by atoms with Gasteiger partial charge in [0.2, 0.25) is 11.8 Å². The maximum Gasteiger partial charge on any atom is 0.408 e. The van der Waals surface area contributed by atoms with Crippen molar-refractivity contribution in [3.63, 3.8) is 0 Å². The molecule has 2 rings (SSSR count). The second-order valence-electron chi connectivity index (χ2n) is 9.36. The number of ether oxygens (including phenoxy) is 1. The number of amides is 3. The van der Waals surface area contributed by atoms with Crippen molar-refractivity contribution < 1.29 is 19.1 Å². The van der Waals surface area contributed by atoms with Gasteiger partial charge in [0.25, 0.3) is 0 Å². The average molecular weight is 418 g/mol. The molecule has 0 aliphatic heterocycles. The van der Waals surface area contributed by atoms with Gasteiger partial charge in [-0.25, -0.2) is 4.79 Å². The van der Waals surface area contributed by atoms with Gasteiger partial charge in [-0.2, -0.15) is 0 Å². The number of hydrogen-bond acceptors (Lipinski definition) is 4. The van der Waals surface area contributed by atoms with Crippen LogP contribution in [0, 0.1) is 12.8 Å². The molecule has 3 atom stereocenters. The Bertz CT molecular complexity index is 785. The van der Waals surface area contributed by atoms with Crippen LogP contribution >= 0.6 is 0 Å². The molecule has 0 saturated heterocycles. The van der Waals surface area contributed by atoms with Crippen molar-refractivity contribution in [3.05, 3.63) is 35.4 Å². The summed E-state index contributed by atoms with van der Waals surface area (Å²) in [4.78, 5) is 40.1. The average Bonchev–Trinajstić information content (AvgIpc) is 3.32. The van der Waals surface area contributed by atoms with E-state index < -0.39 is 17.7 Å². The molecule has 0 heterocycles. The third-order valence-electron chi connectivity index (χ3n) is 4.94. The van der Waals surface area contributed by atoms with E-state index in [1.165, 1.54) is 0 Å². The number of carbonyl (C=O) groups excluding carboxylic acids is 3. The zero-order chi connectivity index (χ0) is 22.6. The van der Waals surface area contributed by atoms with Crippen molar-refractivity contribution in [3.8, 4) is 0 Å². The molecule has 7 heteroatoms. The van der Waals surface area contributed by atoms with Gasteiger partial charge in [-0.05, 0) is 65.0 Å². The first kappa shape index (κ1) is 23.7. The number of carbonyl (C=O) groups is 3. The van der Waals surface area contributed by atoms with Crippen LogP contribution in [0.15, 0.2) is 24.3 Å². The van der Waals surface area contributed by atoms with E-state index in [0.717, 1.165) is 17.5 Å². The summed E-state index contributed by atoms with van der Waals surface area (Å²) < 4.78 is 5.23. The van der Waals surface area contributed by atoms with Crippen LogP contribution in [0.2, 0.25) is 0 Å². The molecule has 1 aromatic rings. The summed E-state index contributed by atoms with van der Waals surface area (Å²) in [6, 6.07) is 6.74. The van der Waals surface area contributed by atoms with Gasteiger partial charge in [0.05, 0.1) is 0 Å². The van der Waals surface area contributed by atoms with Crippen molar-refractivity contribution in [2.24, 2.45) is 5.92 Å². The first-order valence-electron chi connectivity index (χ1n) is 10.5. The van der Waals surface area contributed by atoms with Crippen molar-refractivity contribution in [2.45, 2.75) is 78.6 Å². The topological polar surface area (TPSA) is 87.7 Å². The fourth-order valence-corrected chi connectivity index (χ4v) is 3.44. The highest BCUT2D eigenvalue weighted by Gasteiger charge is 2.46. The number of alkyl carbamates (subject to hydrolysis) is 1. The molecule has 1 aliphatic rings. The molecule has 0 bridgehead atoms. The summed E-state index contributed by atoms with van der Waals surface area (Å²) in [6.45, 7) is 12.8. The molecular weight excluding hydrogens is 382 g/mol. The highest BCUT2D eigenvalue weighted by molar-refractivity contribution is 5.91. The van der Waals surface area contributed by atoms with Gasteiger partial charge in [0, 0.05) is 12.1 Å². The molecule has 0 spiro atoms. The van der Waals surface area contributed by atoms with Crippen LogP contribution in [0.5, 0.6) is 0 Å². The molecule has 2 N–H and O–H groups in total. The Labute approximate surface area is 179 Å². The number of rotatable bonds is 7. The number of nitrogens with one attached hydrogen (secondary N) is 2. The van der Waals surface area contributed by atoms with Crippen molar-refractivity contribution in [1.82, 2.24) is 15.5 Å². The summed E-state index contributed by atoms with van der Waals surface area (Å²) >= 11 is 0. The van der Waals surface area contributed by atoms with Gasteiger partial charge in [-0.1, -0.05) is 31.2 Å². The first-order chi connectivity index (χ1) is 13.9. The molecule has 1 fully saturated rings. The van der Waals surface area contributed by atoms with Crippen molar-refractivity contribution in [2.75, 3.05) is 6.54 Å². The van der Waals surface area contributed by atoms with E-state index in [-0.39, 0.29) is 30.4 Å². The largest absolute Gasteiger partial charge is 0.444 e. The molecular formula is C23H35N3O4. The van der Waals surface area contributed by atoms with Crippen LogP contribution in [0.3, 0.4) is 0 Å². The van der Waals surface area contributed by atoms with Gasteiger partial charge >= 0.3 is 6.09 Å². The predicted molar refractivity (Wildman–Crippen MR) is 116 cm³/mol. The molecule has 166 valence electrons. The molecule has 3 unspecified atom stereocenters. The van der Waals surface area contributed by atoms with Gasteiger partial charge in [0.1, 0.15) is 18.2 Å². The molecule has 1 saturated carbocycles. The zero-order valence-electron chi connectivity index (χ0n) is 19.1. The molecule has 1 aliphatic carbocycles. The van der Waals surface area contributed by atoms with Crippen LogP contribution in [-0.4, -0.2) is 47.0 Å². The second-order valence-corrected chi connectivity index (χ2v) is 9.36. The van der Waals surface area contributed by atoms with Gasteiger partial charge in [-0.15, -0.1) is 0 Å². The van der Waals surface area contributed by atoms with Crippen molar-refractivity contribution >= 4 is 17.9 Å². The number of aryl methyl sites for hydroxylation is 1. The summed E-state index contributed by atoms with van der Waals surface area (Å²) in [5.41, 5.74) is 1.08. The Morgan fingerprint density at radius 3 is 2.30 bits per heavy atom. The summed E-state index contributed by atoms with van der Waals surface area (Å²) in [7, 11) is 0. The van der Waals surface area contributed by atoms with E-state index in [2.05, 4.69) is 17.6 Å². The molecule has 0 radical (unpaired) electrons. The molecule has 0 aromatic heterocycles. The lowest BCUT2D eigenvalue weighted by atomic mass is 9.98. The fraction of sp³-hybridized carbons (Fsp3) is 0.609. The summed E-state index contributed by atoms with van der Waals surface area (Å²) in [6.07, 6.45) is 0.175. The van der Waals surface area contributed by atoms with E-state index in [1.807, 2.05) is 45.0 Å². The Morgan fingerprint density at radius 1 is 1.20 bits per heavy atom. The predicted octanol–water partition coefficient (Wildman–Crippen LogP) is 3.32. The minimum atomic E-state index is -0.753. The lowest BCUT2D eigenvalue weighted by molar-refractivity contribution is -0.141. The SMILES string of the molecule is Cc1ccccc1C(C(=O)NC(C)C)N(C(=O)CNC(=O)OC(C)(C)C)C1CC1C. The first-order valence-corrected chi connectivity index (χ1v) is 10.5. The molecule has 3 amide bonds. The van der Waals surface area contributed by atoms with Crippen LogP contribution in [0.25, 0.3) is 0 Å². The highest BCUT2D eigenvalue weighted by Crippen LogP contribution is 2.40. The van der Waals surface area contributed by atoms with E-state index in [0.29, 0.717) is 5.92 Å². The zero-order valence-corrected chi connectivity index (χ0v) is 19.1. The second kappa shape index (κ2) is 9.49. The normalized spacial score (nSPS) is 19.1. The standard InChI is InChI=1S/C23H35N3O4/c1-14(2)25-21(28)20(17-11-9-8-10-15(17)3)26(18-12-16(18)4)19(27)13-24-22(29)30-23(5,6)7/h8-11,14,16,18,20H,12-13H2,1-7H3,(H,24,29)(H,25,28). The molecule has 1 aromatic carbocycles.